The van der Waals surface area contributed by atoms with Crippen LogP contribution in [-0.4, -0.2) is 15.5 Å². The van der Waals surface area contributed by atoms with Crippen LogP contribution in [0.3, 0.4) is 0 Å². The Hall–Kier alpha value is -0.810. The van der Waals surface area contributed by atoms with Crippen LogP contribution in [0, 0.1) is 5.82 Å². The van der Waals surface area contributed by atoms with E-state index in [2.05, 4.69) is 0 Å². The number of ether oxygens (including phenoxy) is 1. The van der Waals surface area contributed by atoms with Gasteiger partial charge >= 0.3 is 0 Å². The van der Waals surface area contributed by atoms with Gasteiger partial charge in [0, 0.05) is 22.3 Å². The van der Waals surface area contributed by atoms with Gasteiger partial charge in [0.1, 0.15) is 16.8 Å². The van der Waals surface area contributed by atoms with Crippen molar-refractivity contribution in [2.24, 2.45) is 0 Å². The molecule has 0 radical (unpaired) electrons. The van der Waals surface area contributed by atoms with Gasteiger partial charge < -0.3 is 4.74 Å². The van der Waals surface area contributed by atoms with Crippen molar-refractivity contribution in [2.75, 3.05) is 7.11 Å². The lowest BCUT2D eigenvalue weighted by Crippen LogP contribution is -2.05. The molecular weight excluding hydrogens is 243 g/mol. The van der Waals surface area contributed by atoms with E-state index in [9.17, 15) is 12.8 Å². The summed E-state index contributed by atoms with van der Waals surface area (Å²) in [6, 6.07) is 3.95. The van der Waals surface area contributed by atoms with Gasteiger partial charge in [0.2, 0.25) is 9.05 Å². The molecule has 0 spiro atoms. The number of hydrogen-bond acceptors (Lipinski definition) is 3. The molecule has 0 aromatic heterocycles. The van der Waals surface area contributed by atoms with Crippen LogP contribution in [0.15, 0.2) is 18.2 Å². The Balaban J connectivity index is 3.17. The zero-order chi connectivity index (χ0) is 11.6. The highest BCUT2D eigenvalue weighted by atomic mass is 35.7. The fourth-order valence-electron chi connectivity index (χ4n) is 1.12. The average Bonchev–Trinajstić information content (AvgIpc) is 2.15. The maximum Gasteiger partial charge on any atom is 0.239 e. The molecule has 1 aromatic rings. The molecule has 6 heteroatoms. The zero-order valence-electron chi connectivity index (χ0n) is 8.20. The summed E-state index contributed by atoms with van der Waals surface area (Å²) in [5, 5.41) is -1.08. The standard InChI is InChI=1S/C9H10ClFO3S/c1-6(15(10,12)13)8-4-3-7(14-2)5-9(8)11/h3-6H,1-2H3. The number of methoxy groups -OCH3 is 1. The minimum atomic E-state index is -3.81. The lowest BCUT2D eigenvalue weighted by atomic mass is 10.1. The number of halogens is 2. The third kappa shape index (κ3) is 2.82. The minimum absolute atomic E-state index is 0.0331. The third-order valence-corrected chi connectivity index (χ3v) is 3.97. The Morgan fingerprint density at radius 2 is 2.07 bits per heavy atom. The van der Waals surface area contributed by atoms with Gasteiger partial charge in [-0.2, -0.15) is 0 Å². The molecule has 0 heterocycles. The van der Waals surface area contributed by atoms with E-state index in [0.717, 1.165) is 6.07 Å². The molecule has 0 aliphatic carbocycles. The predicted molar refractivity (Wildman–Crippen MR) is 56.1 cm³/mol. The van der Waals surface area contributed by atoms with Crippen molar-refractivity contribution in [1.29, 1.82) is 0 Å². The molecule has 0 aliphatic heterocycles. The van der Waals surface area contributed by atoms with Gasteiger partial charge in [-0.05, 0) is 13.0 Å². The van der Waals surface area contributed by atoms with E-state index in [1.54, 1.807) is 0 Å². The normalized spacial score (nSPS) is 13.6. The second-order valence-corrected chi connectivity index (χ2v) is 5.95. The summed E-state index contributed by atoms with van der Waals surface area (Å²) in [6.07, 6.45) is 0. The van der Waals surface area contributed by atoms with E-state index in [4.69, 9.17) is 15.4 Å². The van der Waals surface area contributed by atoms with Crippen molar-refractivity contribution in [1.82, 2.24) is 0 Å². The van der Waals surface area contributed by atoms with Crippen molar-refractivity contribution in [3.8, 4) is 5.75 Å². The van der Waals surface area contributed by atoms with E-state index >= 15 is 0 Å². The highest BCUT2D eigenvalue weighted by Crippen LogP contribution is 2.29. The summed E-state index contributed by atoms with van der Waals surface area (Å²) in [5.74, 6) is -0.318. The molecule has 0 bridgehead atoms. The van der Waals surface area contributed by atoms with E-state index in [1.165, 1.54) is 26.2 Å². The first-order chi connectivity index (χ1) is 6.86. The largest absolute Gasteiger partial charge is 0.497 e. The Bertz CT molecular complexity index is 458. The smallest absolute Gasteiger partial charge is 0.239 e. The van der Waals surface area contributed by atoms with Gasteiger partial charge in [0.25, 0.3) is 0 Å². The van der Waals surface area contributed by atoms with Gasteiger partial charge in [-0.1, -0.05) is 6.07 Å². The Morgan fingerprint density at radius 3 is 2.47 bits per heavy atom. The van der Waals surface area contributed by atoms with Crippen LogP contribution in [-0.2, 0) is 9.05 Å². The van der Waals surface area contributed by atoms with E-state index in [-0.39, 0.29) is 5.56 Å². The lowest BCUT2D eigenvalue weighted by Gasteiger charge is -2.10. The van der Waals surface area contributed by atoms with Crippen molar-refractivity contribution in [3.05, 3.63) is 29.6 Å². The summed E-state index contributed by atoms with van der Waals surface area (Å²) in [4.78, 5) is 0. The molecule has 0 aliphatic rings. The maximum atomic E-state index is 13.4. The molecule has 0 saturated heterocycles. The zero-order valence-corrected chi connectivity index (χ0v) is 9.77. The first-order valence-electron chi connectivity index (χ1n) is 4.13. The molecule has 0 saturated carbocycles. The van der Waals surface area contributed by atoms with Crippen LogP contribution >= 0.6 is 10.7 Å². The van der Waals surface area contributed by atoms with Gasteiger partial charge in [-0.15, -0.1) is 0 Å². The average molecular weight is 253 g/mol. The number of rotatable bonds is 3. The van der Waals surface area contributed by atoms with E-state index < -0.39 is 20.1 Å². The summed E-state index contributed by atoms with van der Waals surface area (Å²) < 4.78 is 40.2. The topological polar surface area (TPSA) is 43.4 Å². The molecule has 1 aromatic carbocycles. The summed E-state index contributed by atoms with van der Waals surface area (Å²) in [7, 11) is 2.73. The first-order valence-corrected chi connectivity index (χ1v) is 6.50. The maximum absolute atomic E-state index is 13.4. The number of benzene rings is 1. The van der Waals surface area contributed by atoms with Crippen molar-refractivity contribution >= 4 is 19.7 Å². The summed E-state index contributed by atoms with van der Waals surface area (Å²) in [5.41, 5.74) is 0.0331. The molecular formula is C9H10ClFO3S. The number of hydrogen-bond donors (Lipinski definition) is 0. The van der Waals surface area contributed by atoms with Crippen LogP contribution in [0.5, 0.6) is 5.75 Å². The predicted octanol–water partition coefficient (Wildman–Crippen LogP) is 2.46. The molecule has 0 N–H and O–H groups in total. The third-order valence-electron chi connectivity index (χ3n) is 2.07. The van der Waals surface area contributed by atoms with Gasteiger partial charge in [-0.3, -0.25) is 0 Å². The SMILES string of the molecule is COc1ccc(C(C)S(=O)(=O)Cl)c(F)c1. The van der Waals surface area contributed by atoms with Gasteiger partial charge in [0.05, 0.1) is 7.11 Å². The van der Waals surface area contributed by atoms with E-state index in [0.29, 0.717) is 5.75 Å². The fourth-order valence-corrected chi connectivity index (χ4v) is 1.90. The second-order valence-electron chi connectivity index (χ2n) is 3.01. The Morgan fingerprint density at radius 1 is 1.47 bits per heavy atom. The fraction of sp³-hybridized carbons (Fsp3) is 0.333. The molecule has 1 atom stereocenters. The molecule has 84 valence electrons. The van der Waals surface area contributed by atoms with Gasteiger partial charge in [0.15, 0.2) is 0 Å². The Kier molecular flexibility index (Phi) is 3.57. The molecule has 0 fully saturated rings. The lowest BCUT2D eigenvalue weighted by molar-refractivity contribution is 0.410. The Labute approximate surface area is 92.2 Å². The quantitative estimate of drug-likeness (QED) is 0.776. The highest BCUT2D eigenvalue weighted by molar-refractivity contribution is 8.13. The van der Waals surface area contributed by atoms with Crippen LogP contribution < -0.4 is 4.74 Å². The monoisotopic (exact) mass is 252 g/mol. The van der Waals surface area contributed by atoms with Crippen LogP contribution in [0.1, 0.15) is 17.7 Å². The highest BCUT2D eigenvalue weighted by Gasteiger charge is 2.23. The van der Waals surface area contributed by atoms with Crippen LogP contribution in [0.4, 0.5) is 4.39 Å². The van der Waals surface area contributed by atoms with Crippen molar-refractivity contribution < 1.29 is 17.5 Å². The molecule has 3 nitrogen and oxygen atoms in total. The first kappa shape index (κ1) is 12.3. The minimum Gasteiger partial charge on any atom is -0.497 e. The van der Waals surface area contributed by atoms with E-state index in [1.807, 2.05) is 0 Å². The summed E-state index contributed by atoms with van der Waals surface area (Å²) >= 11 is 0. The van der Waals surface area contributed by atoms with Crippen LogP contribution in [0.2, 0.25) is 0 Å². The second kappa shape index (κ2) is 4.37. The molecule has 1 rings (SSSR count). The molecule has 0 amide bonds. The van der Waals surface area contributed by atoms with Crippen molar-refractivity contribution in [2.45, 2.75) is 12.2 Å². The van der Waals surface area contributed by atoms with Crippen molar-refractivity contribution in [3.63, 3.8) is 0 Å². The van der Waals surface area contributed by atoms with Crippen LogP contribution in [0.25, 0.3) is 0 Å². The molecule has 15 heavy (non-hydrogen) atoms. The molecule has 1 unspecified atom stereocenters. The summed E-state index contributed by atoms with van der Waals surface area (Å²) in [6.45, 7) is 1.33. The van der Waals surface area contributed by atoms with Gasteiger partial charge in [-0.25, -0.2) is 12.8 Å².